The van der Waals surface area contributed by atoms with Crippen molar-refractivity contribution in [2.45, 2.75) is 19.5 Å². The Labute approximate surface area is 101 Å². The molecule has 1 rings (SSSR count). The first-order valence-corrected chi connectivity index (χ1v) is 4.75. The zero-order valence-corrected chi connectivity index (χ0v) is 10.1. The number of rotatable bonds is 3. The van der Waals surface area contributed by atoms with Crippen molar-refractivity contribution < 1.29 is 9.18 Å². The molecule has 3 nitrogen and oxygen atoms in total. The molecule has 5 heteroatoms. The Morgan fingerprint density at radius 1 is 1.44 bits per heavy atom. The summed E-state index contributed by atoms with van der Waals surface area (Å²) in [5, 5.41) is 0. The van der Waals surface area contributed by atoms with Crippen LogP contribution in [0, 0.1) is 5.82 Å². The van der Waals surface area contributed by atoms with E-state index in [0.717, 1.165) is 5.56 Å². The molecule has 1 aromatic carbocycles. The van der Waals surface area contributed by atoms with Crippen LogP contribution in [0.3, 0.4) is 0 Å². The van der Waals surface area contributed by atoms with Crippen molar-refractivity contribution in [1.82, 2.24) is 4.90 Å². The highest BCUT2D eigenvalue weighted by Crippen LogP contribution is 2.06. The summed E-state index contributed by atoms with van der Waals surface area (Å²) in [7, 11) is 1.68. The van der Waals surface area contributed by atoms with Crippen LogP contribution >= 0.6 is 12.4 Å². The van der Waals surface area contributed by atoms with Crippen molar-refractivity contribution >= 4 is 18.3 Å². The highest BCUT2D eigenvalue weighted by atomic mass is 35.5. The van der Waals surface area contributed by atoms with Gasteiger partial charge in [-0.2, -0.15) is 0 Å². The van der Waals surface area contributed by atoms with Crippen LogP contribution in [0.15, 0.2) is 24.3 Å². The van der Waals surface area contributed by atoms with E-state index in [-0.39, 0.29) is 24.1 Å². The van der Waals surface area contributed by atoms with E-state index >= 15 is 0 Å². The summed E-state index contributed by atoms with van der Waals surface area (Å²) < 4.78 is 12.6. The van der Waals surface area contributed by atoms with Gasteiger partial charge in [0.25, 0.3) is 0 Å². The maximum Gasteiger partial charge on any atom is 0.239 e. The van der Waals surface area contributed by atoms with Crippen LogP contribution in [0.25, 0.3) is 0 Å². The second kappa shape index (κ2) is 6.45. The summed E-state index contributed by atoms with van der Waals surface area (Å²) >= 11 is 0. The van der Waals surface area contributed by atoms with E-state index in [9.17, 15) is 9.18 Å². The molecule has 0 spiro atoms. The molecule has 0 aromatic heterocycles. The van der Waals surface area contributed by atoms with Crippen LogP contribution in [0.5, 0.6) is 0 Å². The number of amides is 1. The van der Waals surface area contributed by atoms with Gasteiger partial charge in [-0.1, -0.05) is 12.1 Å². The summed E-state index contributed by atoms with van der Waals surface area (Å²) in [6, 6.07) is 5.55. The lowest BCUT2D eigenvalue weighted by Crippen LogP contribution is -2.39. The number of carbonyl (C=O) groups excluding carboxylic acids is 1. The molecule has 0 unspecified atom stereocenters. The van der Waals surface area contributed by atoms with Gasteiger partial charge in [0.2, 0.25) is 5.91 Å². The van der Waals surface area contributed by atoms with Crippen molar-refractivity contribution in [3.8, 4) is 0 Å². The Morgan fingerprint density at radius 3 is 2.38 bits per heavy atom. The lowest BCUT2D eigenvalue weighted by molar-refractivity contribution is -0.131. The fraction of sp³-hybridized carbons (Fsp3) is 0.364. The van der Waals surface area contributed by atoms with Gasteiger partial charge in [0, 0.05) is 13.6 Å². The smallest absolute Gasteiger partial charge is 0.239 e. The van der Waals surface area contributed by atoms with E-state index in [4.69, 9.17) is 5.73 Å². The average Bonchev–Trinajstić information content (AvgIpc) is 2.20. The minimum atomic E-state index is -0.504. The third kappa shape index (κ3) is 4.16. The van der Waals surface area contributed by atoms with Crippen molar-refractivity contribution in [2.75, 3.05) is 7.05 Å². The Morgan fingerprint density at radius 2 is 1.94 bits per heavy atom. The molecule has 0 saturated heterocycles. The van der Waals surface area contributed by atoms with Crippen LogP contribution in [-0.2, 0) is 11.3 Å². The standard InChI is InChI=1S/C11H15FN2O.ClH/c1-8(13)11(15)14(2)7-9-3-5-10(12)6-4-9;/h3-6,8H,7,13H2,1-2H3;1H/t8-;/m1./s1. The maximum atomic E-state index is 12.6. The molecule has 0 fully saturated rings. The van der Waals surface area contributed by atoms with E-state index in [2.05, 4.69) is 0 Å². The van der Waals surface area contributed by atoms with Gasteiger partial charge in [0.05, 0.1) is 6.04 Å². The number of hydrogen-bond acceptors (Lipinski definition) is 2. The molecule has 2 N–H and O–H groups in total. The van der Waals surface area contributed by atoms with Gasteiger partial charge in [0.1, 0.15) is 5.82 Å². The minimum absolute atomic E-state index is 0. The summed E-state index contributed by atoms with van der Waals surface area (Å²) in [6.07, 6.45) is 0. The quantitative estimate of drug-likeness (QED) is 0.880. The first-order chi connectivity index (χ1) is 7.00. The normalized spacial score (nSPS) is 11.5. The van der Waals surface area contributed by atoms with Crippen LogP contribution in [-0.4, -0.2) is 23.9 Å². The second-order valence-electron chi connectivity index (χ2n) is 3.61. The molecule has 0 aliphatic carbocycles. The molecule has 1 amide bonds. The fourth-order valence-electron chi connectivity index (χ4n) is 1.29. The highest BCUT2D eigenvalue weighted by molar-refractivity contribution is 5.85. The lowest BCUT2D eigenvalue weighted by atomic mass is 10.2. The van der Waals surface area contributed by atoms with E-state index in [1.54, 1.807) is 26.1 Å². The van der Waals surface area contributed by atoms with Gasteiger partial charge in [-0.3, -0.25) is 4.79 Å². The Balaban J connectivity index is 0.00000225. The van der Waals surface area contributed by atoms with Crippen molar-refractivity contribution in [1.29, 1.82) is 0 Å². The van der Waals surface area contributed by atoms with Gasteiger partial charge < -0.3 is 10.6 Å². The van der Waals surface area contributed by atoms with Crippen LogP contribution in [0.2, 0.25) is 0 Å². The topological polar surface area (TPSA) is 46.3 Å². The van der Waals surface area contributed by atoms with E-state index in [1.807, 2.05) is 0 Å². The second-order valence-corrected chi connectivity index (χ2v) is 3.61. The van der Waals surface area contributed by atoms with Gasteiger partial charge >= 0.3 is 0 Å². The number of benzene rings is 1. The lowest BCUT2D eigenvalue weighted by Gasteiger charge is -2.19. The number of hydrogen-bond donors (Lipinski definition) is 1. The third-order valence-electron chi connectivity index (χ3n) is 2.10. The molecule has 1 aromatic rings. The van der Waals surface area contributed by atoms with Gasteiger partial charge in [-0.05, 0) is 24.6 Å². The molecule has 16 heavy (non-hydrogen) atoms. The third-order valence-corrected chi connectivity index (χ3v) is 2.10. The first-order valence-electron chi connectivity index (χ1n) is 4.75. The molecular weight excluding hydrogens is 231 g/mol. The van der Waals surface area contributed by atoms with Crippen LogP contribution in [0.1, 0.15) is 12.5 Å². The fourth-order valence-corrected chi connectivity index (χ4v) is 1.29. The largest absolute Gasteiger partial charge is 0.340 e. The predicted molar refractivity (Wildman–Crippen MR) is 63.8 cm³/mol. The molecule has 0 radical (unpaired) electrons. The molecule has 0 bridgehead atoms. The van der Waals surface area contributed by atoms with Gasteiger partial charge in [-0.25, -0.2) is 4.39 Å². The Hall–Kier alpha value is -1.13. The highest BCUT2D eigenvalue weighted by Gasteiger charge is 2.13. The summed E-state index contributed by atoms with van der Waals surface area (Å²) in [4.78, 5) is 13.0. The molecule has 0 aliphatic heterocycles. The SMILES string of the molecule is C[C@@H](N)C(=O)N(C)Cc1ccc(F)cc1.Cl. The van der Waals surface area contributed by atoms with Crippen LogP contribution in [0.4, 0.5) is 4.39 Å². The van der Waals surface area contributed by atoms with E-state index < -0.39 is 6.04 Å². The van der Waals surface area contributed by atoms with Crippen molar-refractivity contribution in [3.63, 3.8) is 0 Å². The number of carbonyl (C=O) groups is 1. The monoisotopic (exact) mass is 246 g/mol. The minimum Gasteiger partial charge on any atom is -0.340 e. The van der Waals surface area contributed by atoms with E-state index in [0.29, 0.717) is 6.54 Å². The number of halogens is 2. The number of nitrogens with two attached hydrogens (primary N) is 1. The first kappa shape index (κ1) is 14.9. The Kier molecular flexibility index (Phi) is 6.00. The molecule has 90 valence electrons. The molecule has 0 saturated carbocycles. The molecular formula is C11H16ClFN2O. The molecule has 0 aliphatic rings. The maximum absolute atomic E-state index is 12.6. The zero-order chi connectivity index (χ0) is 11.4. The molecule has 1 atom stereocenters. The number of nitrogens with zero attached hydrogens (tertiary/aromatic N) is 1. The van der Waals surface area contributed by atoms with Crippen LogP contribution < -0.4 is 5.73 Å². The van der Waals surface area contributed by atoms with E-state index in [1.165, 1.54) is 17.0 Å². The summed E-state index contributed by atoms with van der Waals surface area (Å²) in [5.74, 6) is -0.403. The van der Waals surface area contributed by atoms with Gasteiger partial charge in [-0.15, -0.1) is 12.4 Å². The zero-order valence-electron chi connectivity index (χ0n) is 9.31. The van der Waals surface area contributed by atoms with Crippen molar-refractivity contribution in [3.05, 3.63) is 35.6 Å². The van der Waals surface area contributed by atoms with Crippen molar-refractivity contribution in [2.24, 2.45) is 5.73 Å². The Bertz CT molecular complexity index is 340. The summed E-state index contributed by atoms with van der Waals surface area (Å²) in [5.41, 5.74) is 6.35. The predicted octanol–water partition coefficient (Wildman–Crippen LogP) is 1.55. The molecule has 0 heterocycles. The average molecular weight is 247 g/mol. The van der Waals surface area contributed by atoms with Gasteiger partial charge in [0.15, 0.2) is 0 Å². The number of likely N-dealkylation sites (N-methyl/N-ethyl adjacent to an activating group) is 1. The summed E-state index contributed by atoms with van der Waals surface area (Å²) in [6.45, 7) is 2.09.